The molecule has 0 saturated carbocycles. The lowest BCUT2D eigenvalue weighted by molar-refractivity contribution is -0.139. The van der Waals surface area contributed by atoms with Crippen LogP contribution in [0.1, 0.15) is 0 Å². The van der Waals surface area contributed by atoms with Crippen LogP contribution in [0.2, 0.25) is 0 Å². The molecule has 0 amide bonds. The van der Waals surface area contributed by atoms with Crippen molar-refractivity contribution in [2.75, 3.05) is 39.6 Å². The molecule has 1 rings (SSSR count). The van der Waals surface area contributed by atoms with E-state index in [2.05, 4.69) is 0 Å². The van der Waals surface area contributed by atoms with Crippen LogP contribution in [-0.4, -0.2) is 107 Å². The number of ether oxygens (including phenoxy) is 3. The van der Waals surface area contributed by atoms with E-state index < -0.39 is 56.4 Å². The summed E-state index contributed by atoms with van der Waals surface area (Å²) in [6.07, 6.45) is -5.61. The third-order valence-corrected chi connectivity index (χ3v) is 3.11. The predicted octanol–water partition coefficient (Wildman–Crippen LogP) is -3.78. The van der Waals surface area contributed by atoms with E-state index in [1.165, 1.54) is 0 Å². The van der Waals surface area contributed by atoms with Crippen LogP contribution >= 0.6 is 0 Å². The van der Waals surface area contributed by atoms with Crippen molar-refractivity contribution in [2.45, 2.75) is 36.6 Å². The molecule has 9 nitrogen and oxygen atoms in total. The van der Waals surface area contributed by atoms with Crippen LogP contribution in [0.3, 0.4) is 0 Å². The van der Waals surface area contributed by atoms with Crippen LogP contribution in [-0.2, 0) is 14.2 Å². The van der Waals surface area contributed by atoms with Crippen molar-refractivity contribution >= 4 is 0 Å². The maximum Gasteiger partial charge on any atom is 0.115 e. The minimum Gasteiger partial charge on any atom is -0.394 e. The third-order valence-electron chi connectivity index (χ3n) is 3.11. The Labute approximate surface area is 122 Å². The summed E-state index contributed by atoms with van der Waals surface area (Å²) >= 11 is 0. The second kappa shape index (κ2) is 9.62. The maximum absolute atomic E-state index is 9.79. The van der Waals surface area contributed by atoms with Crippen molar-refractivity contribution in [1.82, 2.24) is 0 Å². The summed E-state index contributed by atoms with van der Waals surface area (Å²) in [5, 5.41) is 55.0. The highest BCUT2D eigenvalue weighted by atomic mass is 16.6. The predicted molar refractivity (Wildman–Crippen MR) is 68.5 cm³/mol. The number of aliphatic hydroxyl groups excluding tert-OH is 6. The van der Waals surface area contributed by atoms with E-state index in [0.29, 0.717) is 0 Å². The van der Waals surface area contributed by atoms with E-state index in [9.17, 15) is 20.4 Å². The second-order valence-electron chi connectivity index (χ2n) is 4.89. The quantitative estimate of drug-likeness (QED) is 0.239. The van der Waals surface area contributed by atoms with Crippen molar-refractivity contribution in [3.63, 3.8) is 0 Å². The third kappa shape index (κ3) is 5.74. The Kier molecular flexibility index (Phi) is 8.56. The van der Waals surface area contributed by atoms with E-state index in [-0.39, 0.29) is 19.8 Å². The highest BCUT2D eigenvalue weighted by Crippen LogP contribution is 2.23. The zero-order valence-electron chi connectivity index (χ0n) is 11.6. The summed E-state index contributed by atoms with van der Waals surface area (Å²) in [7, 11) is 0. The van der Waals surface area contributed by atoms with Crippen LogP contribution in [0.15, 0.2) is 0 Å². The van der Waals surface area contributed by atoms with Gasteiger partial charge in [0.15, 0.2) is 0 Å². The van der Waals surface area contributed by atoms with Crippen LogP contribution < -0.4 is 0 Å². The van der Waals surface area contributed by atoms with Crippen LogP contribution in [0, 0.1) is 0 Å². The van der Waals surface area contributed by atoms with E-state index >= 15 is 0 Å². The summed E-state index contributed by atoms with van der Waals surface area (Å²) in [6.45, 7) is -1.81. The summed E-state index contributed by atoms with van der Waals surface area (Å²) in [6, 6.07) is 0. The summed E-state index contributed by atoms with van der Waals surface area (Å²) in [4.78, 5) is 0. The second-order valence-corrected chi connectivity index (χ2v) is 4.89. The Bertz CT molecular complexity index is 277. The van der Waals surface area contributed by atoms with Gasteiger partial charge in [-0.25, -0.2) is 0 Å². The largest absolute Gasteiger partial charge is 0.394 e. The molecule has 1 saturated heterocycles. The molecule has 1 aliphatic rings. The lowest BCUT2D eigenvalue weighted by Crippen LogP contribution is -2.45. The molecule has 2 unspecified atom stereocenters. The minimum absolute atomic E-state index is 0.0209. The van der Waals surface area contributed by atoms with Crippen LogP contribution in [0.5, 0.6) is 0 Å². The molecule has 21 heavy (non-hydrogen) atoms. The zero-order valence-corrected chi connectivity index (χ0v) is 11.6. The number of aliphatic hydroxyl groups is 6. The maximum atomic E-state index is 9.79. The van der Waals surface area contributed by atoms with Gasteiger partial charge in [0.1, 0.15) is 36.6 Å². The molecule has 0 aromatic rings. The SMILES string of the molecule is OCC(O)CO[C@H]1[C@@H]([C@@H](CO)OCC(O)CO)OC[C@@H]1O. The molecule has 1 heterocycles. The molecule has 6 atom stereocenters. The highest BCUT2D eigenvalue weighted by molar-refractivity contribution is 4.90. The van der Waals surface area contributed by atoms with Gasteiger partial charge >= 0.3 is 0 Å². The fourth-order valence-electron chi connectivity index (χ4n) is 1.96. The molecular formula is C12H24O9. The van der Waals surface area contributed by atoms with E-state index in [1.807, 2.05) is 0 Å². The first-order chi connectivity index (χ1) is 10.0. The average molecular weight is 312 g/mol. The zero-order chi connectivity index (χ0) is 15.8. The first kappa shape index (κ1) is 18.7. The van der Waals surface area contributed by atoms with Gasteiger partial charge in [-0.3, -0.25) is 0 Å². The van der Waals surface area contributed by atoms with Gasteiger partial charge in [0.2, 0.25) is 0 Å². The van der Waals surface area contributed by atoms with Crippen LogP contribution in [0.4, 0.5) is 0 Å². The highest BCUT2D eigenvalue weighted by Gasteiger charge is 2.42. The van der Waals surface area contributed by atoms with E-state index in [1.54, 1.807) is 0 Å². The molecule has 0 radical (unpaired) electrons. The standard InChI is InChI=1S/C12H24O9/c13-1-7(16)4-19-10(3-15)12-11(9(18)6-21-12)20-5-8(17)2-14/h7-18H,1-6H2/t7?,8?,9-,10+,11+,12+/m0/s1. The first-order valence-corrected chi connectivity index (χ1v) is 6.75. The molecule has 0 aromatic carbocycles. The van der Waals surface area contributed by atoms with Crippen LogP contribution in [0.25, 0.3) is 0 Å². The monoisotopic (exact) mass is 312 g/mol. The van der Waals surface area contributed by atoms with E-state index in [4.69, 9.17) is 24.4 Å². The van der Waals surface area contributed by atoms with E-state index in [0.717, 1.165) is 0 Å². The molecule has 126 valence electrons. The van der Waals surface area contributed by atoms with Crippen molar-refractivity contribution < 1.29 is 44.8 Å². The van der Waals surface area contributed by atoms with Crippen molar-refractivity contribution in [3.8, 4) is 0 Å². The lowest BCUT2D eigenvalue weighted by atomic mass is 10.1. The minimum atomic E-state index is -1.08. The fraction of sp³-hybridized carbons (Fsp3) is 1.00. The normalized spacial score (nSPS) is 30.3. The van der Waals surface area contributed by atoms with Gasteiger partial charge in [0.05, 0.1) is 39.6 Å². The Morgan fingerprint density at radius 3 is 2.19 bits per heavy atom. The topological polar surface area (TPSA) is 149 Å². The average Bonchev–Trinajstić information content (AvgIpc) is 2.86. The Hall–Kier alpha value is -0.360. The molecular weight excluding hydrogens is 288 g/mol. The summed E-state index contributed by atoms with van der Waals surface area (Å²) in [5.74, 6) is 0. The van der Waals surface area contributed by atoms with Gasteiger partial charge < -0.3 is 44.8 Å². The molecule has 1 fully saturated rings. The Balaban J connectivity index is 2.54. The van der Waals surface area contributed by atoms with Crippen molar-refractivity contribution in [1.29, 1.82) is 0 Å². The smallest absolute Gasteiger partial charge is 0.115 e. The molecule has 0 spiro atoms. The van der Waals surface area contributed by atoms with Gasteiger partial charge in [-0.05, 0) is 0 Å². The Morgan fingerprint density at radius 2 is 1.62 bits per heavy atom. The van der Waals surface area contributed by atoms with Crippen molar-refractivity contribution in [3.05, 3.63) is 0 Å². The van der Waals surface area contributed by atoms with Gasteiger partial charge in [-0.2, -0.15) is 0 Å². The number of rotatable bonds is 10. The fourth-order valence-corrected chi connectivity index (χ4v) is 1.96. The van der Waals surface area contributed by atoms with Gasteiger partial charge in [-0.15, -0.1) is 0 Å². The molecule has 0 aliphatic carbocycles. The van der Waals surface area contributed by atoms with Gasteiger partial charge in [-0.1, -0.05) is 0 Å². The molecule has 1 aliphatic heterocycles. The Morgan fingerprint density at radius 1 is 1.00 bits per heavy atom. The summed E-state index contributed by atoms with van der Waals surface area (Å²) < 4.78 is 15.9. The number of hydrogen-bond acceptors (Lipinski definition) is 9. The molecule has 6 N–H and O–H groups in total. The first-order valence-electron chi connectivity index (χ1n) is 6.75. The van der Waals surface area contributed by atoms with Gasteiger partial charge in [0, 0.05) is 0 Å². The lowest BCUT2D eigenvalue weighted by Gasteiger charge is -2.28. The summed E-state index contributed by atoms with van der Waals surface area (Å²) in [5.41, 5.74) is 0. The van der Waals surface area contributed by atoms with Gasteiger partial charge in [0.25, 0.3) is 0 Å². The number of hydrogen-bond donors (Lipinski definition) is 6. The molecule has 0 bridgehead atoms. The van der Waals surface area contributed by atoms with Crippen molar-refractivity contribution in [2.24, 2.45) is 0 Å². The molecule has 0 aromatic heterocycles. The molecule has 9 heteroatoms.